The number of hydrogen-bond donors (Lipinski definition) is 4. The van der Waals surface area contributed by atoms with Gasteiger partial charge >= 0.3 is 7.12 Å². The van der Waals surface area contributed by atoms with E-state index in [1.165, 1.54) is 0 Å². The number of hydrogen-bond acceptors (Lipinski definition) is 5. The minimum atomic E-state index is -1.63. The molecule has 0 aromatic carbocycles. The van der Waals surface area contributed by atoms with Crippen molar-refractivity contribution in [3.8, 4) is 0 Å². The summed E-state index contributed by atoms with van der Waals surface area (Å²) in [6.45, 7) is 4.97. The van der Waals surface area contributed by atoms with Gasteiger partial charge in [-0.15, -0.1) is 0 Å². The van der Waals surface area contributed by atoms with Crippen LogP contribution in [0.3, 0.4) is 0 Å². The largest absolute Gasteiger partial charge is 0.475 e. The van der Waals surface area contributed by atoms with Crippen LogP contribution in [0, 0.1) is 5.92 Å². The number of amides is 2. The zero-order valence-electron chi connectivity index (χ0n) is 13.1. The van der Waals surface area contributed by atoms with Gasteiger partial charge in [0.25, 0.3) is 0 Å². The number of rotatable bonds is 8. The van der Waals surface area contributed by atoms with E-state index in [1.807, 2.05) is 13.8 Å². The molecule has 0 saturated carbocycles. The molecule has 0 aromatic rings. The highest BCUT2D eigenvalue weighted by atomic mass is 16.5. The molecule has 0 aliphatic carbocycles. The highest BCUT2D eigenvalue weighted by Gasteiger charge is 2.25. The zero-order chi connectivity index (χ0) is 16.5. The molecule has 2 amide bonds. The summed E-state index contributed by atoms with van der Waals surface area (Å²) in [5.74, 6) is -1.47. The normalized spacial score (nSPS) is 19.4. The molecule has 8 heteroatoms. The smallest absolute Gasteiger partial charge is 0.426 e. The lowest BCUT2D eigenvalue weighted by atomic mass is 9.75. The third-order valence-electron chi connectivity index (χ3n) is 3.33. The molecule has 0 aromatic heterocycles. The first-order valence-electron chi connectivity index (χ1n) is 7.62. The van der Waals surface area contributed by atoms with E-state index < -0.39 is 19.0 Å². The first-order valence-corrected chi connectivity index (χ1v) is 7.62. The van der Waals surface area contributed by atoms with Crippen LogP contribution in [0.2, 0.25) is 0 Å². The molecule has 0 radical (unpaired) electrons. The van der Waals surface area contributed by atoms with Gasteiger partial charge in [0.2, 0.25) is 11.8 Å². The van der Waals surface area contributed by atoms with Crippen molar-refractivity contribution in [2.45, 2.75) is 45.2 Å². The molecule has 1 unspecified atom stereocenters. The Balaban J connectivity index is 2.33. The van der Waals surface area contributed by atoms with E-state index in [1.54, 1.807) is 0 Å². The van der Waals surface area contributed by atoms with Gasteiger partial charge in [0.15, 0.2) is 0 Å². The second-order valence-corrected chi connectivity index (χ2v) is 5.87. The van der Waals surface area contributed by atoms with E-state index in [4.69, 9.17) is 4.74 Å². The van der Waals surface area contributed by atoms with Crippen molar-refractivity contribution in [1.82, 2.24) is 10.6 Å². The molecule has 4 N–H and O–H groups in total. The monoisotopic (exact) mass is 312 g/mol. The lowest BCUT2D eigenvalue weighted by Gasteiger charge is -2.18. The Labute approximate surface area is 131 Å². The van der Waals surface area contributed by atoms with Gasteiger partial charge in [-0.2, -0.15) is 0 Å². The molecule has 7 nitrogen and oxygen atoms in total. The van der Waals surface area contributed by atoms with Crippen molar-refractivity contribution in [3.05, 3.63) is 12.2 Å². The van der Waals surface area contributed by atoms with Crippen LogP contribution >= 0.6 is 0 Å². The standard InChI is InChI=1S/C14H25BN2O5/c1-10(2)8-12(15(20)21)17-14(19)6-5-13(18)16-9-11-4-3-7-22-11/h5-6,10-12,20-21H,3-4,7-9H2,1-2H3,(H,16,18)(H,17,19)/b6-5+/t11?,12-/m0/s1. The van der Waals surface area contributed by atoms with Gasteiger partial charge in [0.05, 0.1) is 12.0 Å². The molecule has 0 spiro atoms. The second-order valence-electron chi connectivity index (χ2n) is 5.87. The lowest BCUT2D eigenvalue weighted by molar-refractivity contribution is -0.119. The van der Waals surface area contributed by atoms with Crippen molar-refractivity contribution in [3.63, 3.8) is 0 Å². The van der Waals surface area contributed by atoms with Crippen LogP contribution in [0.5, 0.6) is 0 Å². The van der Waals surface area contributed by atoms with Gasteiger partial charge in [-0.05, 0) is 25.2 Å². The predicted molar refractivity (Wildman–Crippen MR) is 82.7 cm³/mol. The number of carbonyl (C=O) groups excluding carboxylic acids is 2. The van der Waals surface area contributed by atoms with Gasteiger partial charge in [0, 0.05) is 25.3 Å². The van der Waals surface area contributed by atoms with E-state index in [9.17, 15) is 19.6 Å². The van der Waals surface area contributed by atoms with E-state index in [-0.39, 0.29) is 17.9 Å². The van der Waals surface area contributed by atoms with E-state index >= 15 is 0 Å². The minimum absolute atomic E-state index is 0.0473. The summed E-state index contributed by atoms with van der Waals surface area (Å²) in [5.41, 5.74) is 0. The van der Waals surface area contributed by atoms with Crippen molar-refractivity contribution >= 4 is 18.9 Å². The summed E-state index contributed by atoms with van der Waals surface area (Å²) in [6.07, 6.45) is 4.62. The van der Waals surface area contributed by atoms with Crippen LogP contribution in [0.1, 0.15) is 33.1 Å². The minimum Gasteiger partial charge on any atom is -0.426 e. The molecule has 22 heavy (non-hydrogen) atoms. The number of carbonyl (C=O) groups is 2. The highest BCUT2D eigenvalue weighted by Crippen LogP contribution is 2.10. The fraction of sp³-hybridized carbons (Fsp3) is 0.714. The lowest BCUT2D eigenvalue weighted by Crippen LogP contribution is -2.46. The van der Waals surface area contributed by atoms with Crippen LogP contribution in [0.25, 0.3) is 0 Å². The van der Waals surface area contributed by atoms with Crippen LogP contribution in [-0.2, 0) is 14.3 Å². The van der Waals surface area contributed by atoms with Crippen molar-refractivity contribution in [2.75, 3.05) is 13.2 Å². The summed E-state index contributed by atoms with van der Waals surface area (Å²) in [6, 6.07) is 0. The van der Waals surface area contributed by atoms with Crippen molar-refractivity contribution in [1.29, 1.82) is 0 Å². The average Bonchev–Trinajstić information content (AvgIpc) is 2.94. The Hall–Kier alpha value is -1.38. The Morgan fingerprint density at radius 3 is 2.55 bits per heavy atom. The Morgan fingerprint density at radius 2 is 2.00 bits per heavy atom. The highest BCUT2D eigenvalue weighted by molar-refractivity contribution is 6.43. The van der Waals surface area contributed by atoms with Crippen LogP contribution in [0.15, 0.2) is 12.2 Å². The van der Waals surface area contributed by atoms with Gasteiger partial charge in [-0.1, -0.05) is 13.8 Å². The van der Waals surface area contributed by atoms with Crippen molar-refractivity contribution in [2.24, 2.45) is 5.92 Å². The maximum atomic E-state index is 11.7. The van der Waals surface area contributed by atoms with Crippen LogP contribution < -0.4 is 10.6 Å². The Bertz CT molecular complexity index is 395. The molecule has 0 bridgehead atoms. The third kappa shape index (κ3) is 7.58. The molecular weight excluding hydrogens is 287 g/mol. The molecule has 1 rings (SSSR count). The van der Waals surface area contributed by atoms with E-state index in [2.05, 4.69) is 10.6 Å². The summed E-state index contributed by atoms with van der Waals surface area (Å²) in [5, 5.41) is 23.6. The number of ether oxygens (including phenoxy) is 1. The molecule has 1 saturated heterocycles. The molecule has 1 fully saturated rings. The van der Waals surface area contributed by atoms with Crippen LogP contribution in [-0.4, -0.2) is 54.2 Å². The molecule has 2 atom stereocenters. The summed E-state index contributed by atoms with van der Waals surface area (Å²) in [4.78, 5) is 23.2. The topological polar surface area (TPSA) is 108 Å². The van der Waals surface area contributed by atoms with Crippen LogP contribution in [0.4, 0.5) is 0 Å². The molecule has 124 valence electrons. The first-order chi connectivity index (χ1) is 10.4. The van der Waals surface area contributed by atoms with Gasteiger partial charge in [0.1, 0.15) is 0 Å². The number of nitrogens with one attached hydrogen (secondary N) is 2. The second kappa shape index (κ2) is 9.60. The quantitative estimate of drug-likeness (QED) is 0.353. The van der Waals surface area contributed by atoms with Crippen molar-refractivity contribution < 1.29 is 24.4 Å². The Kier molecular flexibility index (Phi) is 8.15. The molecule has 1 aliphatic heterocycles. The van der Waals surface area contributed by atoms with E-state index in [0.29, 0.717) is 13.0 Å². The zero-order valence-corrected chi connectivity index (χ0v) is 13.1. The maximum Gasteiger partial charge on any atom is 0.475 e. The third-order valence-corrected chi connectivity index (χ3v) is 3.33. The molecule has 1 aliphatic rings. The summed E-state index contributed by atoms with van der Waals surface area (Å²) in [7, 11) is -1.63. The maximum absolute atomic E-state index is 11.7. The SMILES string of the molecule is CC(C)C[C@H](NC(=O)/C=C/C(=O)NCC1CCCO1)B(O)O. The first kappa shape index (κ1) is 18.7. The summed E-state index contributed by atoms with van der Waals surface area (Å²) < 4.78 is 5.37. The van der Waals surface area contributed by atoms with Gasteiger partial charge < -0.3 is 25.4 Å². The predicted octanol–water partition coefficient (Wildman–Crippen LogP) is -0.619. The summed E-state index contributed by atoms with van der Waals surface area (Å²) >= 11 is 0. The van der Waals surface area contributed by atoms with E-state index in [0.717, 1.165) is 31.6 Å². The molecular formula is C14H25BN2O5. The van der Waals surface area contributed by atoms with Gasteiger partial charge in [-0.25, -0.2) is 0 Å². The average molecular weight is 312 g/mol. The van der Waals surface area contributed by atoms with Gasteiger partial charge in [-0.3, -0.25) is 9.59 Å². The Morgan fingerprint density at radius 1 is 1.32 bits per heavy atom. The fourth-order valence-corrected chi connectivity index (χ4v) is 2.22. The molecule has 1 heterocycles. The fourth-order valence-electron chi connectivity index (χ4n) is 2.22.